The Morgan fingerprint density at radius 3 is 2.76 bits per heavy atom. The Kier molecular flexibility index (Phi) is 4.12. The molecule has 1 aromatic heterocycles. The van der Waals surface area contributed by atoms with Crippen molar-refractivity contribution in [3.05, 3.63) is 65.4 Å². The molecule has 0 amide bonds. The van der Waals surface area contributed by atoms with Crippen LogP contribution in [0.2, 0.25) is 1.41 Å². The normalized spacial score (nSPS) is 11.2. The van der Waals surface area contributed by atoms with Crippen LogP contribution in [0.1, 0.15) is 16.7 Å². The number of rotatable bonds is 5. The second-order valence-electron chi connectivity index (χ2n) is 5.57. The Balaban J connectivity index is 1.80. The molecule has 0 fully saturated rings. The maximum absolute atomic E-state index is 8.87. The van der Waals surface area contributed by atoms with E-state index in [1.807, 2.05) is 38.1 Å². The number of aromatic nitrogens is 2. The molecule has 1 heterocycles. The molecule has 0 saturated heterocycles. The van der Waals surface area contributed by atoms with Crippen LogP contribution < -0.4 is 10.1 Å². The third-order valence-corrected chi connectivity index (χ3v) is 3.78. The molecule has 0 aliphatic heterocycles. The van der Waals surface area contributed by atoms with E-state index in [-0.39, 0.29) is 0 Å². The van der Waals surface area contributed by atoms with Gasteiger partial charge in [0.05, 0.1) is 23.7 Å². The molecule has 0 saturated carbocycles. The van der Waals surface area contributed by atoms with Crippen molar-refractivity contribution in [1.29, 1.82) is 10.7 Å². The van der Waals surface area contributed by atoms with E-state index in [2.05, 4.69) is 21.9 Å². The van der Waals surface area contributed by atoms with Crippen LogP contribution in [0.15, 0.2) is 48.7 Å². The van der Waals surface area contributed by atoms with Gasteiger partial charge in [0.25, 0.3) is 0 Å². The van der Waals surface area contributed by atoms with Crippen molar-refractivity contribution in [3.8, 4) is 23.4 Å². The number of hydrogen-bond acceptors (Lipinski definition) is 4. The van der Waals surface area contributed by atoms with Gasteiger partial charge in [0.15, 0.2) is 1.41 Å². The largest absolute Gasteiger partial charge is 0.437 e. The first-order chi connectivity index (χ1) is 12.6. The molecule has 3 aromatic rings. The highest BCUT2D eigenvalue weighted by molar-refractivity contribution is 5.76. The van der Waals surface area contributed by atoms with Crippen LogP contribution in [-0.2, 0) is 0 Å². The third-order valence-electron chi connectivity index (χ3n) is 3.78. The molecule has 3 rings (SSSR count). The summed E-state index contributed by atoms with van der Waals surface area (Å²) in [5, 5.41) is 19.4. The number of hydrogen-bond donors (Lipinski definition) is 2. The van der Waals surface area contributed by atoms with Crippen molar-refractivity contribution in [2.75, 3.05) is 5.32 Å². The summed E-state index contributed by atoms with van der Waals surface area (Å²) >= 11 is 0. The summed E-state index contributed by atoms with van der Waals surface area (Å²) < 4.78 is 14.4. The number of anilines is 1. The second kappa shape index (κ2) is 6.89. The molecular weight excluding hydrogens is 314 g/mol. The van der Waals surface area contributed by atoms with E-state index < -0.39 is 0 Å². The van der Waals surface area contributed by atoms with Crippen molar-refractivity contribution in [2.24, 2.45) is 0 Å². The Hall–Kier alpha value is -3.59. The zero-order chi connectivity index (χ0) is 18.5. The van der Waals surface area contributed by atoms with Gasteiger partial charge in [-0.05, 0) is 61.4 Å². The van der Waals surface area contributed by atoms with Gasteiger partial charge in [-0.3, -0.25) is 5.40 Å². The summed E-state index contributed by atoms with van der Waals surface area (Å²) in [6, 6.07) is 14.9. The van der Waals surface area contributed by atoms with Gasteiger partial charge in [0.1, 0.15) is 5.75 Å². The van der Waals surface area contributed by atoms with Gasteiger partial charge < -0.3 is 10.1 Å². The highest BCUT2D eigenvalue weighted by atomic mass is 16.5. The summed E-state index contributed by atoms with van der Waals surface area (Å²) in [5.74, 6) is 1.19. The van der Waals surface area contributed by atoms with Crippen LogP contribution in [0.5, 0.6) is 11.6 Å². The summed E-state index contributed by atoms with van der Waals surface area (Å²) in [7, 11) is 0. The Labute approximate surface area is 147 Å². The molecule has 25 heavy (non-hydrogen) atoms. The fraction of sp³-hybridized carbons (Fsp3) is 0.105. The van der Waals surface area contributed by atoms with Crippen molar-refractivity contribution >= 4 is 12.0 Å². The molecule has 0 spiro atoms. The third kappa shape index (κ3) is 3.51. The Bertz CT molecular complexity index is 986. The van der Waals surface area contributed by atoms with E-state index in [4.69, 9.17) is 11.4 Å². The first-order valence-electron chi connectivity index (χ1n) is 8.13. The minimum Gasteiger partial charge on any atom is -0.437 e. The minimum atomic E-state index is 0.477. The summed E-state index contributed by atoms with van der Waals surface area (Å²) in [4.78, 5) is 0. The van der Waals surface area contributed by atoms with Crippen LogP contribution in [0, 0.1) is 30.6 Å². The maximum Gasteiger partial charge on any atom is 0.238 e. The van der Waals surface area contributed by atoms with E-state index in [9.17, 15) is 0 Å². The summed E-state index contributed by atoms with van der Waals surface area (Å²) in [6.45, 7) is 3.89. The fourth-order valence-corrected chi connectivity index (χ4v) is 2.43. The standard InChI is InChI=1S/C19H17N5O/c1-13-10-18(14(2)9-17(13)22-12-21)25-19-7-8-24(23-19)16-5-3-15(11-20)4-6-16/h3-10,12H,1-2H3,(H2,21,22). The average molecular weight is 331 g/mol. The van der Waals surface area contributed by atoms with Crippen molar-refractivity contribution in [3.63, 3.8) is 0 Å². The first kappa shape index (κ1) is 15.0. The zero-order valence-electron chi connectivity index (χ0n) is 14.9. The first-order valence-corrected chi connectivity index (χ1v) is 7.68. The Morgan fingerprint density at radius 1 is 1.24 bits per heavy atom. The van der Waals surface area contributed by atoms with Crippen LogP contribution in [-0.4, -0.2) is 16.1 Å². The van der Waals surface area contributed by atoms with E-state index >= 15 is 0 Å². The topological polar surface area (TPSA) is 86.7 Å². The predicted molar refractivity (Wildman–Crippen MR) is 96.7 cm³/mol. The smallest absolute Gasteiger partial charge is 0.238 e. The number of aryl methyl sites for hydroxylation is 2. The molecule has 0 bridgehead atoms. The minimum absolute atomic E-state index is 0.477. The molecule has 0 radical (unpaired) electrons. The zero-order valence-corrected chi connectivity index (χ0v) is 13.9. The van der Waals surface area contributed by atoms with E-state index in [1.54, 1.807) is 29.1 Å². The highest BCUT2D eigenvalue weighted by Gasteiger charge is 2.09. The van der Waals surface area contributed by atoms with Crippen LogP contribution in [0.4, 0.5) is 5.69 Å². The van der Waals surface area contributed by atoms with E-state index in [0.29, 0.717) is 17.2 Å². The van der Waals surface area contributed by atoms with Crippen molar-refractivity contribution < 1.29 is 6.15 Å². The molecule has 2 aromatic carbocycles. The van der Waals surface area contributed by atoms with Crippen LogP contribution in [0.25, 0.3) is 5.69 Å². The quantitative estimate of drug-likeness (QED) is 0.542. The van der Waals surface area contributed by atoms with Gasteiger partial charge in [0.2, 0.25) is 5.88 Å². The fourth-order valence-electron chi connectivity index (χ4n) is 2.43. The predicted octanol–water partition coefficient (Wildman–Crippen LogP) is 4.17. The summed E-state index contributed by atoms with van der Waals surface area (Å²) in [6.07, 6.45) is 3.13. The SMILES string of the molecule is [H]/N=C/Nc1cc(C)c(Oc2ccn(-c3ccc(C#N)cc3)n2)cc1C. The summed E-state index contributed by atoms with van der Waals surface area (Å²) in [5.41, 5.74) is 4.23. The number of nitrogens with one attached hydrogen (secondary N) is 2. The molecule has 0 aliphatic carbocycles. The number of benzene rings is 2. The molecule has 124 valence electrons. The van der Waals surface area contributed by atoms with Crippen molar-refractivity contribution in [2.45, 2.75) is 13.8 Å². The van der Waals surface area contributed by atoms with Crippen LogP contribution in [0.3, 0.4) is 0 Å². The lowest BCUT2D eigenvalue weighted by atomic mass is 10.1. The lowest BCUT2D eigenvalue weighted by molar-refractivity contribution is 0.454. The van der Waals surface area contributed by atoms with E-state index in [1.165, 1.54) is 6.34 Å². The molecule has 2 N–H and O–H groups in total. The molecule has 0 atom stereocenters. The second-order valence-corrected chi connectivity index (χ2v) is 5.57. The number of ether oxygens (including phenoxy) is 1. The lowest BCUT2D eigenvalue weighted by Gasteiger charge is -2.11. The Morgan fingerprint density at radius 2 is 2.04 bits per heavy atom. The average Bonchev–Trinajstić information content (AvgIpc) is 3.12. The maximum atomic E-state index is 8.87. The van der Waals surface area contributed by atoms with Gasteiger partial charge in [-0.15, -0.1) is 5.10 Å². The van der Waals surface area contributed by atoms with Gasteiger partial charge in [0, 0.05) is 18.0 Å². The van der Waals surface area contributed by atoms with Gasteiger partial charge in [-0.2, -0.15) is 5.26 Å². The molecular formula is C19H17N5O. The number of nitrogens with zero attached hydrogens (tertiary/aromatic N) is 3. The molecule has 6 nitrogen and oxygen atoms in total. The van der Waals surface area contributed by atoms with Gasteiger partial charge in [-0.1, -0.05) is 0 Å². The van der Waals surface area contributed by atoms with Gasteiger partial charge in [-0.25, -0.2) is 4.68 Å². The monoisotopic (exact) mass is 331 g/mol. The lowest BCUT2D eigenvalue weighted by Crippen LogP contribution is -1.99. The highest BCUT2D eigenvalue weighted by Crippen LogP contribution is 2.29. The van der Waals surface area contributed by atoms with Crippen molar-refractivity contribution in [1.82, 2.24) is 9.78 Å². The molecule has 6 heteroatoms. The molecule has 0 unspecified atom stereocenters. The molecule has 0 aliphatic rings. The van der Waals surface area contributed by atoms with E-state index in [0.717, 1.165) is 22.5 Å². The number of nitriles is 1. The van der Waals surface area contributed by atoms with Gasteiger partial charge >= 0.3 is 0 Å². The van der Waals surface area contributed by atoms with Crippen LogP contribution >= 0.6 is 0 Å².